The van der Waals surface area contributed by atoms with Crippen molar-refractivity contribution in [2.24, 2.45) is 0 Å². The maximum Gasteiger partial charge on any atom is 0.127 e. The van der Waals surface area contributed by atoms with Gasteiger partial charge >= 0.3 is 0 Å². The molecule has 0 saturated heterocycles. The van der Waals surface area contributed by atoms with Crippen LogP contribution in [0, 0.1) is 5.82 Å². The number of hydrogen-bond acceptors (Lipinski definition) is 3. The quantitative estimate of drug-likeness (QED) is 0.707. The van der Waals surface area contributed by atoms with E-state index >= 15 is 0 Å². The standard InChI is InChI=1S/C13H20FNO2/c1-11(12-5-3-4-6-13(12)14)15-7-8-17-10-9-16-2/h3-6,11,15H,7-10H2,1-2H3/t11-/m1/s1. The zero-order chi connectivity index (χ0) is 12.5. The summed E-state index contributed by atoms with van der Waals surface area (Å²) in [5, 5.41) is 3.21. The first-order valence-electron chi connectivity index (χ1n) is 5.80. The summed E-state index contributed by atoms with van der Waals surface area (Å²) in [4.78, 5) is 0. The molecular weight excluding hydrogens is 221 g/mol. The lowest BCUT2D eigenvalue weighted by Crippen LogP contribution is -2.24. The average molecular weight is 241 g/mol. The minimum atomic E-state index is -0.173. The lowest BCUT2D eigenvalue weighted by molar-refractivity contribution is 0.0712. The van der Waals surface area contributed by atoms with Gasteiger partial charge in [-0.3, -0.25) is 0 Å². The van der Waals surface area contributed by atoms with Gasteiger partial charge in [0.1, 0.15) is 5.82 Å². The molecule has 0 saturated carbocycles. The van der Waals surface area contributed by atoms with Gasteiger partial charge in [0, 0.05) is 25.3 Å². The van der Waals surface area contributed by atoms with Crippen LogP contribution < -0.4 is 5.32 Å². The van der Waals surface area contributed by atoms with Gasteiger partial charge in [0.25, 0.3) is 0 Å². The van der Waals surface area contributed by atoms with Gasteiger partial charge in [-0.25, -0.2) is 4.39 Å². The van der Waals surface area contributed by atoms with Crippen LogP contribution in [0.5, 0.6) is 0 Å². The van der Waals surface area contributed by atoms with Crippen molar-refractivity contribution in [3.63, 3.8) is 0 Å². The Morgan fingerprint density at radius 3 is 2.71 bits per heavy atom. The summed E-state index contributed by atoms with van der Waals surface area (Å²) in [6.45, 7) is 4.42. The first kappa shape index (κ1) is 14.1. The fourth-order valence-electron chi connectivity index (χ4n) is 1.53. The molecule has 96 valence electrons. The van der Waals surface area contributed by atoms with E-state index < -0.39 is 0 Å². The third kappa shape index (κ3) is 5.26. The number of hydrogen-bond donors (Lipinski definition) is 1. The number of rotatable bonds is 8. The molecule has 0 bridgehead atoms. The summed E-state index contributed by atoms with van der Waals surface area (Å²) in [5.41, 5.74) is 0.685. The Labute approximate surface area is 102 Å². The Morgan fingerprint density at radius 2 is 2.00 bits per heavy atom. The highest BCUT2D eigenvalue weighted by Crippen LogP contribution is 2.15. The predicted octanol–water partition coefficient (Wildman–Crippen LogP) is 2.14. The zero-order valence-electron chi connectivity index (χ0n) is 10.4. The molecular formula is C13H20FNO2. The van der Waals surface area contributed by atoms with Crippen LogP contribution in [-0.4, -0.2) is 33.5 Å². The molecule has 1 aromatic rings. The molecule has 0 aliphatic rings. The highest BCUT2D eigenvalue weighted by molar-refractivity contribution is 5.20. The zero-order valence-corrected chi connectivity index (χ0v) is 10.4. The monoisotopic (exact) mass is 241 g/mol. The molecule has 0 aliphatic heterocycles. The van der Waals surface area contributed by atoms with Crippen LogP contribution in [0.3, 0.4) is 0 Å². The normalized spacial score (nSPS) is 12.6. The smallest absolute Gasteiger partial charge is 0.127 e. The van der Waals surface area contributed by atoms with E-state index in [1.807, 2.05) is 13.0 Å². The second kappa shape index (κ2) is 8.17. The summed E-state index contributed by atoms with van der Waals surface area (Å²) < 4.78 is 23.6. The van der Waals surface area contributed by atoms with Crippen LogP contribution in [0.25, 0.3) is 0 Å². The van der Waals surface area contributed by atoms with Crippen molar-refractivity contribution >= 4 is 0 Å². The van der Waals surface area contributed by atoms with Gasteiger partial charge in [-0.05, 0) is 13.0 Å². The third-order valence-electron chi connectivity index (χ3n) is 2.50. The summed E-state index contributed by atoms with van der Waals surface area (Å²) >= 11 is 0. The largest absolute Gasteiger partial charge is 0.382 e. The fourth-order valence-corrected chi connectivity index (χ4v) is 1.53. The SMILES string of the molecule is COCCOCCN[C@H](C)c1ccccc1F. The number of benzene rings is 1. The van der Waals surface area contributed by atoms with Crippen LogP contribution in [-0.2, 0) is 9.47 Å². The fraction of sp³-hybridized carbons (Fsp3) is 0.538. The molecule has 0 heterocycles. The average Bonchev–Trinajstić information content (AvgIpc) is 2.34. The van der Waals surface area contributed by atoms with Crippen LogP contribution >= 0.6 is 0 Å². The van der Waals surface area contributed by atoms with E-state index in [1.54, 1.807) is 19.2 Å². The first-order valence-corrected chi connectivity index (χ1v) is 5.80. The van der Waals surface area contributed by atoms with Gasteiger partial charge < -0.3 is 14.8 Å². The number of ether oxygens (including phenoxy) is 2. The molecule has 1 atom stereocenters. The third-order valence-corrected chi connectivity index (χ3v) is 2.50. The molecule has 3 nitrogen and oxygen atoms in total. The van der Waals surface area contributed by atoms with E-state index in [-0.39, 0.29) is 11.9 Å². The second-order valence-electron chi connectivity index (χ2n) is 3.80. The highest BCUT2D eigenvalue weighted by atomic mass is 19.1. The van der Waals surface area contributed by atoms with E-state index in [4.69, 9.17) is 9.47 Å². The van der Waals surface area contributed by atoms with Crippen molar-refractivity contribution in [2.75, 3.05) is 33.5 Å². The number of methoxy groups -OCH3 is 1. The molecule has 1 rings (SSSR count). The van der Waals surface area contributed by atoms with Crippen molar-refractivity contribution < 1.29 is 13.9 Å². The molecule has 1 N–H and O–H groups in total. The molecule has 0 fully saturated rings. The molecule has 0 amide bonds. The Morgan fingerprint density at radius 1 is 1.24 bits per heavy atom. The van der Waals surface area contributed by atoms with Crippen molar-refractivity contribution in [3.05, 3.63) is 35.6 Å². The minimum absolute atomic E-state index is 0.0118. The van der Waals surface area contributed by atoms with Gasteiger partial charge in [0.05, 0.1) is 19.8 Å². The van der Waals surface area contributed by atoms with E-state index in [0.29, 0.717) is 31.9 Å². The van der Waals surface area contributed by atoms with E-state index in [9.17, 15) is 4.39 Å². The summed E-state index contributed by atoms with van der Waals surface area (Å²) in [5.74, 6) is -0.173. The number of nitrogens with one attached hydrogen (secondary N) is 1. The Kier molecular flexibility index (Phi) is 6.77. The van der Waals surface area contributed by atoms with E-state index in [1.165, 1.54) is 6.07 Å². The van der Waals surface area contributed by atoms with Gasteiger partial charge in [-0.2, -0.15) is 0 Å². The van der Waals surface area contributed by atoms with Gasteiger partial charge in [-0.15, -0.1) is 0 Å². The van der Waals surface area contributed by atoms with Gasteiger partial charge in [0.15, 0.2) is 0 Å². The summed E-state index contributed by atoms with van der Waals surface area (Å²) in [7, 11) is 1.64. The predicted molar refractivity (Wildman–Crippen MR) is 65.5 cm³/mol. The van der Waals surface area contributed by atoms with Crippen LogP contribution in [0.15, 0.2) is 24.3 Å². The van der Waals surface area contributed by atoms with Crippen LogP contribution in [0.2, 0.25) is 0 Å². The van der Waals surface area contributed by atoms with Gasteiger partial charge in [0.2, 0.25) is 0 Å². The van der Waals surface area contributed by atoms with Crippen molar-refractivity contribution in [3.8, 4) is 0 Å². The summed E-state index contributed by atoms with van der Waals surface area (Å²) in [6, 6.07) is 6.79. The van der Waals surface area contributed by atoms with Crippen LogP contribution in [0.1, 0.15) is 18.5 Å². The Hall–Kier alpha value is -0.970. The topological polar surface area (TPSA) is 30.5 Å². The van der Waals surface area contributed by atoms with Crippen molar-refractivity contribution in [1.29, 1.82) is 0 Å². The number of halogens is 1. The molecule has 0 aromatic heterocycles. The first-order chi connectivity index (χ1) is 8.25. The molecule has 0 unspecified atom stereocenters. The maximum atomic E-state index is 13.4. The lowest BCUT2D eigenvalue weighted by atomic mass is 10.1. The maximum absolute atomic E-state index is 13.4. The van der Waals surface area contributed by atoms with Crippen molar-refractivity contribution in [1.82, 2.24) is 5.32 Å². The highest BCUT2D eigenvalue weighted by Gasteiger charge is 2.08. The molecule has 0 radical (unpaired) electrons. The van der Waals surface area contributed by atoms with Gasteiger partial charge in [-0.1, -0.05) is 18.2 Å². The molecule has 1 aromatic carbocycles. The lowest BCUT2D eigenvalue weighted by Gasteiger charge is -2.14. The Bertz CT molecular complexity index is 320. The summed E-state index contributed by atoms with van der Waals surface area (Å²) in [6.07, 6.45) is 0. The molecule has 4 heteroatoms. The second-order valence-corrected chi connectivity index (χ2v) is 3.80. The van der Waals surface area contributed by atoms with Crippen molar-refractivity contribution in [2.45, 2.75) is 13.0 Å². The molecule has 0 spiro atoms. The van der Waals surface area contributed by atoms with Crippen LogP contribution in [0.4, 0.5) is 4.39 Å². The minimum Gasteiger partial charge on any atom is -0.382 e. The van der Waals surface area contributed by atoms with E-state index in [0.717, 1.165) is 0 Å². The molecule has 0 aliphatic carbocycles. The van der Waals surface area contributed by atoms with E-state index in [2.05, 4.69) is 5.32 Å². The Balaban J connectivity index is 2.21. The molecule has 17 heavy (non-hydrogen) atoms.